The van der Waals surface area contributed by atoms with Gasteiger partial charge in [-0.1, -0.05) is 12.1 Å². The van der Waals surface area contributed by atoms with Crippen LogP contribution in [0.5, 0.6) is 5.75 Å². The van der Waals surface area contributed by atoms with Crippen LogP contribution in [0.15, 0.2) is 35.1 Å². The van der Waals surface area contributed by atoms with Crippen LogP contribution in [-0.2, 0) is 6.42 Å². The van der Waals surface area contributed by atoms with E-state index in [-0.39, 0.29) is 17.2 Å². The van der Waals surface area contributed by atoms with E-state index >= 15 is 0 Å². The number of nitrogens with one attached hydrogen (secondary N) is 2. The Morgan fingerprint density at radius 3 is 2.74 bits per heavy atom. The molecule has 0 aliphatic heterocycles. The number of aromatic nitrogens is 2. The first kappa shape index (κ1) is 16.7. The fraction of sp³-hybridized carbons (Fsp3) is 0.312. The Bertz CT molecular complexity index is 710. The molecule has 23 heavy (non-hydrogen) atoms. The molecule has 0 bridgehead atoms. The topological polar surface area (TPSA) is 110 Å². The molecule has 1 heterocycles. The second-order valence-electron chi connectivity index (χ2n) is 5.00. The quantitative estimate of drug-likeness (QED) is 0.642. The molecular formula is C16H20N4O3. The molecule has 4 N–H and O–H groups in total. The van der Waals surface area contributed by atoms with Crippen LogP contribution in [0, 0.1) is 0 Å². The maximum absolute atomic E-state index is 12.0. The molecule has 0 spiro atoms. The highest BCUT2D eigenvalue weighted by Gasteiger charge is 2.10. The van der Waals surface area contributed by atoms with Crippen molar-refractivity contribution < 1.29 is 9.53 Å². The van der Waals surface area contributed by atoms with Gasteiger partial charge in [0.25, 0.3) is 11.5 Å². The van der Waals surface area contributed by atoms with Crippen LogP contribution in [0.2, 0.25) is 0 Å². The number of hydrogen-bond donors (Lipinski definition) is 3. The summed E-state index contributed by atoms with van der Waals surface area (Å²) in [5, 5.41) is 2.68. The summed E-state index contributed by atoms with van der Waals surface area (Å²) in [6, 6.07) is 8.61. The molecular weight excluding hydrogens is 296 g/mol. The lowest BCUT2D eigenvalue weighted by Gasteiger charge is -2.06. The van der Waals surface area contributed by atoms with Crippen LogP contribution < -0.4 is 21.3 Å². The minimum Gasteiger partial charge on any atom is -0.497 e. The molecule has 7 nitrogen and oxygen atoms in total. The maximum Gasteiger partial charge on any atom is 0.270 e. The predicted octanol–water partition coefficient (Wildman–Crippen LogP) is 0.448. The summed E-state index contributed by atoms with van der Waals surface area (Å²) in [5.74, 6) is 0.815. The summed E-state index contributed by atoms with van der Waals surface area (Å²) in [7, 11) is 1.60. The van der Waals surface area contributed by atoms with Crippen molar-refractivity contribution in [3.8, 4) is 5.75 Å². The minimum atomic E-state index is -0.375. The maximum atomic E-state index is 12.0. The summed E-state index contributed by atoms with van der Waals surface area (Å²) >= 11 is 0. The predicted molar refractivity (Wildman–Crippen MR) is 86.7 cm³/mol. The van der Waals surface area contributed by atoms with Crippen LogP contribution >= 0.6 is 0 Å². The second-order valence-corrected chi connectivity index (χ2v) is 5.00. The van der Waals surface area contributed by atoms with Gasteiger partial charge in [-0.05, 0) is 30.7 Å². The SMILES string of the molecule is COc1ccc(Cc2nc(C(=O)NCCCN)cc(=O)[nH]2)cc1. The summed E-state index contributed by atoms with van der Waals surface area (Å²) in [6.07, 6.45) is 1.09. The largest absolute Gasteiger partial charge is 0.497 e. The van der Waals surface area contributed by atoms with E-state index in [1.54, 1.807) is 7.11 Å². The summed E-state index contributed by atoms with van der Waals surface area (Å²) in [5.41, 5.74) is 6.08. The Labute approximate surface area is 133 Å². The number of benzene rings is 1. The molecule has 2 rings (SSSR count). The van der Waals surface area contributed by atoms with Crippen LogP contribution in [0.25, 0.3) is 0 Å². The van der Waals surface area contributed by atoms with Crippen molar-refractivity contribution in [3.05, 3.63) is 57.8 Å². The highest BCUT2D eigenvalue weighted by molar-refractivity contribution is 5.92. The number of rotatable bonds is 7. The highest BCUT2D eigenvalue weighted by Crippen LogP contribution is 2.13. The third-order valence-corrected chi connectivity index (χ3v) is 3.22. The zero-order chi connectivity index (χ0) is 16.7. The van der Waals surface area contributed by atoms with E-state index in [0.29, 0.717) is 31.8 Å². The smallest absolute Gasteiger partial charge is 0.270 e. The second kappa shape index (κ2) is 8.09. The van der Waals surface area contributed by atoms with Crippen molar-refractivity contribution in [2.24, 2.45) is 5.73 Å². The number of amides is 1. The number of hydrogen-bond acceptors (Lipinski definition) is 5. The number of H-pyrrole nitrogens is 1. The molecule has 0 aliphatic rings. The minimum absolute atomic E-state index is 0.106. The third kappa shape index (κ3) is 4.93. The number of carbonyl (C=O) groups excluding carboxylic acids is 1. The molecule has 0 unspecified atom stereocenters. The monoisotopic (exact) mass is 316 g/mol. The van der Waals surface area contributed by atoms with Gasteiger partial charge in [0.05, 0.1) is 7.11 Å². The molecule has 0 fully saturated rings. The van der Waals surface area contributed by atoms with Crippen LogP contribution in [0.4, 0.5) is 0 Å². The fourth-order valence-corrected chi connectivity index (χ4v) is 2.04. The first-order valence-corrected chi connectivity index (χ1v) is 7.34. The number of aromatic amines is 1. The van der Waals surface area contributed by atoms with Crippen molar-refractivity contribution in [3.63, 3.8) is 0 Å². The van der Waals surface area contributed by atoms with E-state index in [1.807, 2.05) is 24.3 Å². The van der Waals surface area contributed by atoms with Gasteiger partial charge in [0.2, 0.25) is 0 Å². The lowest BCUT2D eigenvalue weighted by atomic mass is 10.1. The Balaban J connectivity index is 2.12. The average molecular weight is 316 g/mol. The molecule has 1 aromatic heterocycles. The van der Waals surface area contributed by atoms with Gasteiger partial charge >= 0.3 is 0 Å². The first-order valence-electron chi connectivity index (χ1n) is 7.34. The van der Waals surface area contributed by atoms with Crippen molar-refractivity contribution in [2.75, 3.05) is 20.2 Å². The van der Waals surface area contributed by atoms with Gasteiger partial charge in [0, 0.05) is 19.0 Å². The average Bonchev–Trinajstić information content (AvgIpc) is 2.55. The zero-order valence-corrected chi connectivity index (χ0v) is 13.0. The van der Waals surface area contributed by atoms with E-state index in [2.05, 4.69) is 15.3 Å². The summed E-state index contributed by atoms with van der Waals surface area (Å²) < 4.78 is 5.10. The lowest BCUT2D eigenvalue weighted by molar-refractivity contribution is 0.0948. The van der Waals surface area contributed by atoms with Gasteiger partial charge < -0.3 is 20.8 Å². The van der Waals surface area contributed by atoms with E-state index < -0.39 is 0 Å². The van der Waals surface area contributed by atoms with E-state index in [4.69, 9.17) is 10.5 Å². The Morgan fingerprint density at radius 1 is 1.35 bits per heavy atom. The number of methoxy groups -OCH3 is 1. The zero-order valence-electron chi connectivity index (χ0n) is 13.0. The molecule has 1 amide bonds. The van der Waals surface area contributed by atoms with E-state index in [0.717, 1.165) is 11.3 Å². The van der Waals surface area contributed by atoms with Crippen LogP contribution in [-0.4, -0.2) is 36.1 Å². The van der Waals surface area contributed by atoms with Gasteiger partial charge in [0.15, 0.2) is 0 Å². The molecule has 0 saturated heterocycles. The lowest BCUT2D eigenvalue weighted by Crippen LogP contribution is -2.28. The van der Waals surface area contributed by atoms with Crippen molar-refractivity contribution in [2.45, 2.75) is 12.8 Å². The molecule has 2 aromatic rings. The number of ether oxygens (including phenoxy) is 1. The molecule has 0 radical (unpaired) electrons. The fourth-order valence-electron chi connectivity index (χ4n) is 2.04. The van der Waals surface area contributed by atoms with Gasteiger partial charge in [0.1, 0.15) is 17.3 Å². The molecule has 0 atom stereocenters. The molecule has 122 valence electrons. The van der Waals surface area contributed by atoms with Crippen molar-refractivity contribution in [1.29, 1.82) is 0 Å². The molecule has 0 aliphatic carbocycles. The van der Waals surface area contributed by atoms with E-state index in [9.17, 15) is 9.59 Å². The van der Waals surface area contributed by atoms with Gasteiger partial charge in [-0.3, -0.25) is 9.59 Å². The normalized spacial score (nSPS) is 10.3. The number of carbonyl (C=O) groups is 1. The Hall–Kier alpha value is -2.67. The first-order chi connectivity index (χ1) is 11.1. The molecule has 0 saturated carbocycles. The number of nitrogens with zero attached hydrogens (tertiary/aromatic N) is 1. The van der Waals surface area contributed by atoms with Crippen LogP contribution in [0.1, 0.15) is 28.3 Å². The highest BCUT2D eigenvalue weighted by atomic mass is 16.5. The molecule has 7 heteroatoms. The Morgan fingerprint density at radius 2 is 2.09 bits per heavy atom. The standard InChI is InChI=1S/C16H20N4O3/c1-23-12-5-3-11(4-6-12)9-14-19-13(10-15(21)20-14)16(22)18-8-2-7-17/h3-6,10H,2,7-9,17H2,1H3,(H,18,22)(H,19,20,21). The van der Waals surface area contributed by atoms with Crippen molar-refractivity contribution in [1.82, 2.24) is 15.3 Å². The van der Waals surface area contributed by atoms with Crippen LogP contribution in [0.3, 0.4) is 0 Å². The van der Waals surface area contributed by atoms with Gasteiger partial charge in [-0.25, -0.2) is 4.98 Å². The van der Waals surface area contributed by atoms with Gasteiger partial charge in [-0.2, -0.15) is 0 Å². The van der Waals surface area contributed by atoms with Gasteiger partial charge in [-0.15, -0.1) is 0 Å². The summed E-state index contributed by atoms with van der Waals surface area (Å²) in [6.45, 7) is 0.948. The number of nitrogens with two attached hydrogens (primary N) is 1. The summed E-state index contributed by atoms with van der Waals surface area (Å²) in [4.78, 5) is 30.6. The third-order valence-electron chi connectivity index (χ3n) is 3.22. The van der Waals surface area contributed by atoms with Crippen molar-refractivity contribution >= 4 is 5.91 Å². The molecule has 1 aromatic carbocycles. The Kier molecular flexibility index (Phi) is 5.87. The van der Waals surface area contributed by atoms with E-state index in [1.165, 1.54) is 6.07 Å².